The monoisotopic (exact) mass is 302 g/mol. The van der Waals surface area contributed by atoms with Gasteiger partial charge in [-0.1, -0.05) is 13.8 Å². The maximum absolute atomic E-state index is 12.5. The molecular weight excluding hydrogens is 280 g/mol. The zero-order chi connectivity index (χ0) is 14.1. The van der Waals surface area contributed by atoms with E-state index in [-0.39, 0.29) is 5.41 Å². The molecule has 0 bridgehead atoms. The molecular formula is C13H22N2O2S2. The topological polar surface area (TPSA) is 49.4 Å². The Morgan fingerprint density at radius 2 is 2.00 bits per heavy atom. The Morgan fingerprint density at radius 3 is 2.58 bits per heavy atom. The molecule has 4 nitrogen and oxygen atoms in total. The van der Waals surface area contributed by atoms with Gasteiger partial charge in [0.15, 0.2) is 0 Å². The van der Waals surface area contributed by atoms with Crippen LogP contribution in [-0.2, 0) is 16.6 Å². The van der Waals surface area contributed by atoms with E-state index < -0.39 is 10.0 Å². The van der Waals surface area contributed by atoms with Gasteiger partial charge in [0.25, 0.3) is 0 Å². The van der Waals surface area contributed by atoms with Crippen molar-refractivity contribution in [2.45, 2.75) is 38.1 Å². The minimum atomic E-state index is -3.29. The van der Waals surface area contributed by atoms with Gasteiger partial charge in [-0.05, 0) is 31.4 Å². The summed E-state index contributed by atoms with van der Waals surface area (Å²) in [5.74, 6) is 0. The molecule has 0 unspecified atom stereocenters. The Bertz CT molecular complexity index is 525. The second-order valence-electron chi connectivity index (χ2n) is 5.85. The molecule has 0 aromatic carbocycles. The van der Waals surface area contributed by atoms with Crippen LogP contribution in [0.3, 0.4) is 0 Å². The molecule has 1 aromatic heterocycles. The molecule has 0 spiro atoms. The van der Waals surface area contributed by atoms with Gasteiger partial charge in [-0.25, -0.2) is 8.42 Å². The fraction of sp³-hybridized carbons (Fsp3) is 0.692. The van der Waals surface area contributed by atoms with Gasteiger partial charge in [0.05, 0.1) is 4.90 Å². The van der Waals surface area contributed by atoms with Gasteiger partial charge in [-0.2, -0.15) is 4.31 Å². The minimum absolute atomic E-state index is 0.262. The number of hydrogen-bond acceptors (Lipinski definition) is 4. The van der Waals surface area contributed by atoms with Crippen LogP contribution >= 0.6 is 11.3 Å². The van der Waals surface area contributed by atoms with Crippen molar-refractivity contribution in [2.24, 2.45) is 5.41 Å². The largest absolute Gasteiger partial charge is 0.315 e. The van der Waals surface area contributed by atoms with Gasteiger partial charge >= 0.3 is 0 Å². The van der Waals surface area contributed by atoms with Crippen LogP contribution in [0.15, 0.2) is 16.3 Å². The third kappa shape index (κ3) is 3.37. The molecule has 6 heteroatoms. The molecule has 1 saturated heterocycles. The van der Waals surface area contributed by atoms with E-state index >= 15 is 0 Å². The molecule has 0 radical (unpaired) electrons. The SMILES string of the molecule is CNCc1cc(S(=O)(=O)N2CCC(C)(C)CC2)cs1. The van der Waals surface area contributed by atoms with E-state index in [9.17, 15) is 8.42 Å². The summed E-state index contributed by atoms with van der Waals surface area (Å²) in [5.41, 5.74) is 0.262. The first-order valence-electron chi connectivity index (χ1n) is 6.57. The van der Waals surface area contributed by atoms with Crippen LogP contribution in [0, 0.1) is 5.41 Å². The summed E-state index contributed by atoms with van der Waals surface area (Å²) in [4.78, 5) is 1.50. The number of hydrogen-bond donors (Lipinski definition) is 1. The predicted molar refractivity (Wildman–Crippen MR) is 78.9 cm³/mol. The molecule has 19 heavy (non-hydrogen) atoms. The van der Waals surface area contributed by atoms with Crippen LogP contribution in [0.5, 0.6) is 0 Å². The van der Waals surface area contributed by atoms with Crippen LogP contribution < -0.4 is 5.32 Å². The summed E-state index contributed by atoms with van der Waals surface area (Å²) in [5, 5.41) is 4.79. The number of rotatable bonds is 4. The summed E-state index contributed by atoms with van der Waals surface area (Å²) in [6.45, 7) is 6.38. The molecule has 1 aliphatic rings. The number of nitrogens with zero attached hydrogens (tertiary/aromatic N) is 1. The minimum Gasteiger partial charge on any atom is -0.315 e. The van der Waals surface area contributed by atoms with Gasteiger partial charge in [0.1, 0.15) is 0 Å². The summed E-state index contributed by atoms with van der Waals surface area (Å²) in [7, 11) is -1.43. The molecule has 1 aliphatic heterocycles. The van der Waals surface area contributed by atoms with E-state index in [1.165, 1.54) is 11.3 Å². The predicted octanol–water partition coefficient (Wildman–Crippen LogP) is 2.28. The molecule has 0 saturated carbocycles. The van der Waals surface area contributed by atoms with E-state index in [1.54, 1.807) is 15.8 Å². The van der Waals surface area contributed by atoms with E-state index in [1.807, 2.05) is 7.05 Å². The lowest BCUT2D eigenvalue weighted by Crippen LogP contribution is -2.40. The van der Waals surface area contributed by atoms with Gasteiger partial charge in [-0.3, -0.25) is 0 Å². The lowest BCUT2D eigenvalue weighted by Gasteiger charge is -2.35. The second-order valence-corrected chi connectivity index (χ2v) is 8.78. The van der Waals surface area contributed by atoms with Gasteiger partial charge in [0.2, 0.25) is 10.0 Å². The first-order valence-corrected chi connectivity index (χ1v) is 8.89. The van der Waals surface area contributed by atoms with E-state index in [0.717, 1.165) is 17.7 Å². The molecule has 2 rings (SSSR count). The van der Waals surface area contributed by atoms with Crippen molar-refractivity contribution in [3.8, 4) is 0 Å². The smallest absolute Gasteiger partial charge is 0.243 e. The Hall–Kier alpha value is -0.430. The summed E-state index contributed by atoms with van der Waals surface area (Å²) in [6.07, 6.45) is 1.86. The normalized spacial score (nSPS) is 20.6. The highest BCUT2D eigenvalue weighted by molar-refractivity contribution is 7.89. The lowest BCUT2D eigenvalue weighted by molar-refractivity contribution is 0.196. The number of sulfonamides is 1. The van der Waals surface area contributed by atoms with Crippen molar-refractivity contribution in [1.82, 2.24) is 9.62 Å². The van der Waals surface area contributed by atoms with Crippen molar-refractivity contribution < 1.29 is 8.42 Å². The molecule has 1 aromatic rings. The number of nitrogens with one attached hydrogen (secondary N) is 1. The first kappa shape index (κ1) is 15.0. The van der Waals surface area contributed by atoms with Gasteiger partial charge in [-0.15, -0.1) is 11.3 Å². The highest BCUT2D eigenvalue weighted by atomic mass is 32.2. The molecule has 1 N–H and O–H groups in total. The van der Waals surface area contributed by atoms with Crippen LogP contribution in [0.4, 0.5) is 0 Å². The number of thiophene rings is 1. The van der Waals surface area contributed by atoms with Crippen molar-refractivity contribution >= 4 is 21.4 Å². The van der Waals surface area contributed by atoms with Crippen molar-refractivity contribution in [3.05, 3.63) is 16.3 Å². The summed E-state index contributed by atoms with van der Waals surface area (Å²) in [6, 6.07) is 1.79. The maximum Gasteiger partial charge on any atom is 0.243 e. The lowest BCUT2D eigenvalue weighted by atomic mass is 9.83. The molecule has 2 heterocycles. The molecule has 0 amide bonds. The van der Waals surface area contributed by atoms with E-state index in [0.29, 0.717) is 24.5 Å². The third-order valence-electron chi connectivity index (χ3n) is 3.69. The Labute approximate surface area is 119 Å². The Balaban J connectivity index is 2.13. The third-order valence-corrected chi connectivity index (χ3v) is 6.66. The standard InChI is InChI=1S/C13H22N2O2S2/c1-13(2)4-6-15(7-5-13)19(16,17)12-8-11(9-14-3)18-10-12/h8,10,14H,4-7,9H2,1-3H3. The van der Waals surface area contributed by atoms with E-state index in [4.69, 9.17) is 0 Å². The fourth-order valence-corrected chi connectivity index (χ4v) is 4.96. The van der Waals surface area contributed by atoms with Crippen LogP contribution in [0.1, 0.15) is 31.6 Å². The quantitative estimate of drug-likeness (QED) is 0.928. The summed E-state index contributed by atoms with van der Waals surface area (Å²) >= 11 is 1.50. The van der Waals surface area contributed by atoms with Gasteiger partial charge < -0.3 is 5.32 Å². The first-order chi connectivity index (χ1) is 8.85. The van der Waals surface area contributed by atoms with Crippen molar-refractivity contribution in [1.29, 1.82) is 0 Å². The zero-order valence-corrected chi connectivity index (χ0v) is 13.4. The maximum atomic E-state index is 12.5. The van der Waals surface area contributed by atoms with Crippen LogP contribution in [-0.4, -0.2) is 32.9 Å². The highest BCUT2D eigenvalue weighted by Gasteiger charge is 2.33. The average molecular weight is 302 g/mol. The molecule has 0 atom stereocenters. The van der Waals surface area contributed by atoms with Crippen molar-refractivity contribution in [3.63, 3.8) is 0 Å². The fourth-order valence-electron chi connectivity index (χ4n) is 2.24. The summed E-state index contributed by atoms with van der Waals surface area (Å²) < 4.78 is 26.7. The van der Waals surface area contributed by atoms with Gasteiger partial charge in [0, 0.05) is 29.9 Å². The molecule has 108 valence electrons. The number of piperidine rings is 1. The van der Waals surface area contributed by atoms with Crippen LogP contribution in [0.25, 0.3) is 0 Å². The molecule has 1 fully saturated rings. The highest BCUT2D eigenvalue weighted by Crippen LogP contribution is 2.33. The second kappa shape index (κ2) is 5.52. The van der Waals surface area contributed by atoms with Crippen LogP contribution in [0.2, 0.25) is 0 Å². The average Bonchev–Trinajstić information content (AvgIpc) is 2.78. The zero-order valence-electron chi connectivity index (χ0n) is 11.8. The van der Waals surface area contributed by atoms with Crippen molar-refractivity contribution in [2.75, 3.05) is 20.1 Å². The molecule has 0 aliphatic carbocycles. The Morgan fingerprint density at radius 1 is 1.37 bits per heavy atom. The van der Waals surface area contributed by atoms with E-state index in [2.05, 4.69) is 19.2 Å². The Kier molecular flexibility index (Phi) is 4.35.